The maximum absolute atomic E-state index is 12.7. The number of aryl methyl sites for hydroxylation is 1. The van der Waals surface area contributed by atoms with Gasteiger partial charge in [0.1, 0.15) is 0 Å². The maximum atomic E-state index is 12.7. The van der Waals surface area contributed by atoms with Crippen LogP contribution in [0.2, 0.25) is 0 Å². The van der Waals surface area contributed by atoms with Crippen LogP contribution in [0.4, 0.5) is 10.8 Å². The molecule has 2 fully saturated rings. The van der Waals surface area contributed by atoms with E-state index in [2.05, 4.69) is 29.0 Å². The van der Waals surface area contributed by atoms with Crippen LogP contribution in [-0.4, -0.2) is 53.5 Å². The highest BCUT2D eigenvalue weighted by atomic mass is 32.1. The summed E-state index contributed by atoms with van der Waals surface area (Å²) in [5, 5.41) is 5.48. The smallest absolute Gasteiger partial charge is 0.231 e. The van der Waals surface area contributed by atoms with Crippen LogP contribution < -0.4 is 10.2 Å². The third-order valence-electron chi connectivity index (χ3n) is 5.50. The van der Waals surface area contributed by atoms with E-state index in [0.29, 0.717) is 11.7 Å². The lowest BCUT2D eigenvalue weighted by atomic mass is 10.1. The molecule has 0 spiro atoms. The fourth-order valence-electron chi connectivity index (χ4n) is 4.14. The van der Waals surface area contributed by atoms with Crippen LogP contribution in [0.5, 0.6) is 0 Å². The summed E-state index contributed by atoms with van der Waals surface area (Å²) in [5.74, 6) is -0.533. The maximum Gasteiger partial charge on any atom is 0.231 e. The van der Waals surface area contributed by atoms with Gasteiger partial charge in [-0.1, -0.05) is 17.7 Å². The first-order valence-corrected chi connectivity index (χ1v) is 11.3. The van der Waals surface area contributed by atoms with Gasteiger partial charge in [0.15, 0.2) is 5.13 Å². The van der Waals surface area contributed by atoms with Gasteiger partial charge in [-0.3, -0.25) is 14.5 Å². The van der Waals surface area contributed by atoms with E-state index < -0.39 is 0 Å². The predicted molar refractivity (Wildman–Crippen MR) is 118 cm³/mol. The Morgan fingerprint density at radius 2 is 1.90 bits per heavy atom. The number of rotatable bonds is 5. The fourth-order valence-corrected chi connectivity index (χ4v) is 4.85. The van der Waals surface area contributed by atoms with Gasteiger partial charge in [-0.25, -0.2) is 4.98 Å². The van der Waals surface area contributed by atoms with Crippen molar-refractivity contribution in [3.05, 3.63) is 40.9 Å². The van der Waals surface area contributed by atoms with E-state index in [-0.39, 0.29) is 36.4 Å². The van der Waals surface area contributed by atoms with Crippen LogP contribution >= 0.6 is 11.3 Å². The molecule has 0 aliphatic carbocycles. The second-order valence-corrected chi connectivity index (χ2v) is 9.18. The molecule has 4 rings (SSSR count). The molecule has 7 nitrogen and oxygen atoms in total. The second kappa shape index (κ2) is 8.83. The Hall–Kier alpha value is -2.29. The number of aromatic nitrogens is 1. The molecule has 1 aromatic heterocycles. The van der Waals surface area contributed by atoms with E-state index in [4.69, 9.17) is 4.74 Å². The first-order valence-electron chi connectivity index (χ1n) is 10.4. The zero-order chi connectivity index (χ0) is 21.3. The first-order chi connectivity index (χ1) is 14.4. The quantitative estimate of drug-likeness (QED) is 0.792. The van der Waals surface area contributed by atoms with Gasteiger partial charge in [0.05, 0.1) is 23.8 Å². The predicted octanol–water partition coefficient (Wildman–Crippen LogP) is 3.05. The van der Waals surface area contributed by atoms with Crippen molar-refractivity contribution in [2.24, 2.45) is 5.92 Å². The molecule has 8 heteroatoms. The molecule has 2 amide bonds. The van der Waals surface area contributed by atoms with Crippen LogP contribution in [-0.2, 0) is 20.9 Å². The minimum Gasteiger partial charge on any atom is -0.373 e. The Labute approximate surface area is 181 Å². The van der Waals surface area contributed by atoms with Crippen molar-refractivity contribution in [3.8, 4) is 0 Å². The van der Waals surface area contributed by atoms with Crippen LogP contribution in [0.3, 0.4) is 0 Å². The molecular weight excluding hydrogens is 400 g/mol. The molecule has 3 atom stereocenters. The Balaban J connectivity index is 1.33. The van der Waals surface area contributed by atoms with Gasteiger partial charge in [-0.2, -0.15) is 0 Å². The summed E-state index contributed by atoms with van der Waals surface area (Å²) in [7, 11) is 0. The standard InChI is InChI=1S/C22H28N4O3S/c1-14-4-6-19(7-5-14)26-11-17(8-20(26)27)21(28)24-22-23-18(13-30-22)12-25-9-15(2)29-16(3)10-25/h4-7,13,15-17H,8-12H2,1-3H3,(H,23,24,28)/t15-,16-,17+/m0/s1. The minimum absolute atomic E-state index is 0.0191. The lowest BCUT2D eigenvalue weighted by Gasteiger charge is -2.34. The molecular formula is C22H28N4O3S. The molecule has 2 saturated heterocycles. The monoisotopic (exact) mass is 428 g/mol. The summed E-state index contributed by atoms with van der Waals surface area (Å²) in [6.45, 7) is 9.07. The average Bonchev–Trinajstić information content (AvgIpc) is 3.28. The molecule has 0 saturated carbocycles. The number of morpholine rings is 1. The average molecular weight is 429 g/mol. The number of anilines is 2. The lowest BCUT2D eigenvalue weighted by Crippen LogP contribution is -2.44. The summed E-state index contributed by atoms with van der Waals surface area (Å²) in [5.41, 5.74) is 2.92. The summed E-state index contributed by atoms with van der Waals surface area (Å²) in [6.07, 6.45) is 0.646. The van der Waals surface area contributed by atoms with E-state index >= 15 is 0 Å². The van der Waals surface area contributed by atoms with E-state index in [1.54, 1.807) is 4.90 Å². The van der Waals surface area contributed by atoms with Crippen LogP contribution in [0.1, 0.15) is 31.5 Å². The molecule has 3 heterocycles. The van der Waals surface area contributed by atoms with Gasteiger partial charge >= 0.3 is 0 Å². The number of carbonyl (C=O) groups is 2. The highest BCUT2D eigenvalue weighted by Crippen LogP contribution is 2.27. The van der Waals surface area contributed by atoms with Crippen molar-refractivity contribution in [3.63, 3.8) is 0 Å². The van der Waals surface area contributed by atoms with Gasteiger partial charge in [0.25, 0.3) is 0 Å². The summed E-state index contributed by atoms with van der Waals surface area (Å²) >= 11 is 1.43. The van der Waals surface area contributed by atoms with Crippen molar-refractivity contribution >= 4 is 34.0 Å². The second-order valence-electron chi connectivity index (χ2n) is 8.33. The zero-order valence-corrected chi connectivity index (χ0v) is 18.4. The highest BCUT2D eigenvalue weighted by molar-refractivity contribution is 7.13. The Morgan fingerprint density at radius 1 is 1.20 bits per heavy atom. The summed E-state index contributed by atoms with van der Waals surface area (Å²) in [4.78, 5) is 33.7. The number of nitrogens with zero attached hydrogens (tertiary/aromatic N) is 3. The Kier molecular flexibility index (Phi) is 6.17. The van der Waals surface area contributed by atoms with Crippen LogP contribution in [0.25, 0.3) is 0 Å². The minimum atomic E-state index is -0.368. The van der Waals surface area contributed by atoms with E-state index in [9.17, 15) is 9.59 Å². The number of carbonyl (C=O) groups excluding carboxylic acids is 2. The molecule has 1 N–H and O–H groups in total. The van der Waals surface area contributed by atoms with E-state index in [1.165, 1.54) is 11.3 Å². The first kappa shape index (κ1) is 21.0. The van der Waals surface area contributed by atoms with Gasteiger partial charge in [-0.15, -0.1) is 11.3 Å². The fraction of sp³-hybridized carbons (Fsp3) is 0.500. The van der Waals surface area contributed by atoms with Gasteiger partial charge in [0.2, 0.25) is 11.8 Å². The number of ether oxygens (including phenoxy) is 1. The molecule has 160 valence electrons. The number of hydrogen-bond acceptors (Lipinski definition) is 6. The molecule has 0 unspecified atom stereocenters. The molecule has 2 aliphatic heterocycles. The van der Waals surface area contributed by atoms with Gasteiger partial charge in [-0.05, 0) is 32.9 Å². The SMILES string of the molecule is Cc1ccc(N2C[C@H](C(=O)Nc3nc(CN4C[C@H](C)O[C@@H](C)C4)cs3)CC2=O)cc1. The number of nitrogens with one attached hydrogen (secondary N) is 1. The molecule has 2 aliphatic rings. The summed E-state index contributed by atoms with van der Waals surface area (Å²) in [6, 6.07) is 7.80. The van der Waals surface area contributed by atoms with Crippen molar-refractivity contribution in [2.45, 2.75) is 45.9 Å². The van der Waals surface area contributed by atoms with Gasteiger partial charge in [0, 0.05) is 43.7 Å². The number of thiazole rings is 1. The van der Waals surface area contributed by atoms with Crippen LogP contribution in [0.15, 0.2) is 29.6 Å². The van der Waals surface area contributed by atoms with Crippen molar-refractivity contribution in [1.82, 2.24) is 9.88 Å². The number of amides is 2. The molecule has 1 aromatic carbocycles. The van der Waals surface area contributed by atoms with E-state index in [0.717, 1.165) is 36.6 Å². The van der Waals surface area contributed by atoms with Crippen molar-refractivity contribution < 1.29 is 14.3 Å². The number of benzene rings is 1. The molecule has 0 bridgehead atoms. The third kappa shape index (κ3) is 4.88. The van der Waals surface area contributed by atoms with Crippen molar-refractivity contribution in [1.29, 1.82) is 0 Å². The molecule has 2 aromatic rings. The van der Waals surface area contributed by atoms with Crippen LogP contribution in [0, 0.1) is 12.8 Å². The third-order valence-corrected chi connectivity index (χ3v) is 6.31. The van der Waals surface area contributed by atoms with E-state index in [1.807, 2.05) is 36.6 Å². The normalized spacial score (nSPS) is 25.0. The highest BCUT2D eigenvalue weighted by Gasteiger charge is 2.35. The largest absolute Gasteiger partial charge is 0.373 e. The Morgan fingerprint density at radius 3 is 2.60 bits per heavy atom. The molecule has 0 radical (unpaired) electrons. The Bertz CT molecular complexity index is 903. The topological polar surface area (TPSA) is 74.8 Å². The number of hydrogen-bond donors (Lipinski definition) is 1. The van der Waals surface area contributed by atoms with Crippen molar-refractivity contribution in [2.75, 3.05) is 29.9 Å². The lowest BCUT2D eigenvalue weighted by molar-refractivity contribution is -0.122. The van der Waals surface area contributed by atoms with Gasteiger partial charge < -0.3 is 15.0 Å². The molecule has 30 heavy (non-hydrogen) atoms. The zero-order valence-electron chi connectivity index (χ0n) is 17.6. The summed E-state index contributed by atoms with van der Waals surface area (Å²) < 4.78 is 5.78.